The zero-order valence-electron chi connectivity index (χ0n) is 10.8. The first-order chi connectivity index (χ1) is 6.52. The molecule has 0 amide bonds. The van der Waals surface area contributed by atoms with Crippen LogP contribution in [0.1, 0.15) is 34.6 Å². The van der Waals surface area contributed by atoms with E-state index >= 15 is 0 Å². The molecule has 0 rings (SSSR count). The van der Waals surface area contributed by atoms with Crippen molar-refractivity contribution in [2.45, 2.75) is 40.7 Å². The molecule has 2 nitrogen and oxygen atoms in total. The molecule has 2 heteroatoms. The second-order valence-electron chi connectivity index (χ2n) is 4.76. The molecule has 0 aliphatic rings. The zero-order valence-corrected chi connectivity index (χ0v) is 10.8. The SMILES string of the molecule is CCN(CC(C)C)C(C)C(C)CNC. The number of rotatable bonds is 7. The van der Waals surface area contributed by atoms with Crippen LogP contribution in [0.3, 0.4) is 0 Å². The van der Waals surface area contributed by atoms with Gasteiger partial charge in [-0.25, -0.2) is 0 Å². The van der Waals surface area contributed by atoms with Crippen LogP contribution in [0.15, 0.2) is 0 Å². The maximum Gasteiger partial charge on any atom is 0.0105 e. The lowest BCUT2D eigenvalue weighted by Crippen LogP contribution is -2.42. The highest BCUT2D eigenvalue weighted by Gasteiger charge is 2.18. The Kier molecular flexibility index (Phi) is 7.20. The normalized spacial score (nSPS) is 16.3. The lowest BCUT2D eigenvalue weighted by Gasteiger charge is -2.33. The average Bonchev–Trinajstić information content (AvgIpc) is 2.13. The number of hydrogen-bond donors (Lipinski definition) is 1. The van der Waals surface area contributed by atoms with E-state index in [9.17, 15) is 0 Å². The molecule has 86 valence electrons. The van der Waals surface area contributed by atoms with E-state index in [1.165, 1.54) is 6.54 Å². The molecule has 0 heterocycles. The minimum Gasteiger partial charge on any atom is -0.319 e. The summed E-state index contributed by atoms with van der Waals surface area (Å²) in [6, 6.07) is 0.676. The fraction of sp³-hybridized carbons (Fsp3) is 1.00. The van der Waals surface area contributed by atoms with E-state index in [1.54, 1.807) is 0 Å². The topological polar surface area (TPSA) is 15.3 Å². The molecule has 0 aromatic rings. The van der Waals surface area contributed by atoms with Gasteiger partial charge in [-0.2, -0.15) is 0 Å². The van der Waals surface area contributed by atoms with Crippen molar-refractivity contribution >= 4 is 0 Å². The molecule has 0 spiro atoms. The van der Waals surface area contributed by atoms with Gasteiger partial charge in [0.15, 0.2) is 0 Å². The Balaban J connectivity index is 4.07. The van der Waals surface area contributed by atoms with Crippen molar-refractivity contribution in [3.63, 3.8) is 0 Å². The van der Waals surface area contributed by atoms with E-state index in [1.807, 2.05) is 7.05 Å². The lowest BCUT2D eigenvalue weighted by molar-refractivity contribution is 0.151. The van der Waals surface area contributed by atoms with E-state index in [4.69, 9.17) is 0 Å². The second-order valence-corrected chi connectivity index (χ2v) is 4.76. The lowest BCUT2D eigenvalue weighted by atomic mass is 10.0. The first-order valence-corrected chi connectivity index (χ1v) is 5.91. The monoisotopic (exact) mass is 200 g/mol. The van der Waals surface area contributed by atoms with Crippen LogP contribution in [0, 0.1) is 11.8 Å². The van der Waals surface area contributed by atoms with Gasteiger partial charge in [0.1, 0.15) is 0 Å². The summed E-state index contributed by atoms with van der Waals surface area (Å²) in [7, 11) is 2.03. The maximum atomic E-state index is 3.25. The third kappa shape index (κ3) is 4.97. The Morgan fingerprint density at radius 3 is 2.07 bits per heavy atom. The number of hydrogen-bond acceptors (Lipinski definition) is 2. The Morgan fingerprint density at radius 1 is 1.14 bits per heavy atom. The standard InChI is InChI=1S/C12H28N2/c1-7-14(9-10(2)3)12(5)11(4)8-13-6/h10-13H,7-9H2,1-6H3. The highest BCUT2D eigenvalue weighted by atomic mass is 15.2. The molecule has 0 radical (unpaired) electrons. The highest BCUT2D eigenvalue weighted by molar-refractivity contribution is 4.74. The molecule has 0 aromatic carbocycles. The summed E-state index contributed by atoms with van der Waals surface area (Å²) in [5.74, 6) is 1.48. The molecule has 0 aromatic heterocycles. The third-order valence-corrected chi connectivity index (χ3v) is 2.93. The van der Waals surface area contributed by atoms with Gasteiger partial charge in [-0.3, -0.25) is 0 Å². The van der Waals surface area contributed by atoms with Gasteiger partial charge < -0.3 is 10.2 Å². The summed E-state index contributed by atoms with van der Waals surface area (Å²) in [4.78, 5) is 2.58. The van der Waals surface area contributed by atoms with E-state index in [-0.39, 0.29) is 0 Å². The predicted molar refractivity (Wildman–Crippen MR) is 64.6 cm³/mol. The van der Waals surface area contributed by atoms with Crippen molar-refractivity contribution in [2.75, 3.05) is 26.7 Å². The molecule has 0 aliphatic carbocycles. The predicted octanol–water partition coefficient (Wildman–Crippen LogP) is 2.21. The summed E-state index contributed by atoms with van der Waals surface area (Å²) in [6.45, 7) is 15.0. The molecule has 0 bridgehead atoms. The van der Waals surface area contributed by atoms with Crippen LogP contribution in [-0.4, -0.2) is 37.6 Å². The Labute approximate surface area is 90.1 Å². The quantitative estimate of drug-likeness (QED) is 0.678. The summed E-state index contributed by atoms with van der Waals surface area (Å²) in [6.07, 6.45) is 0. The second kappa shape index (κ2) is 7.24. The molecule has 0 saturated heterocycles. The Bertz CT molecular complexity index is 134. The average molecular weight is 200 g/mol. The maximum absolute atomic E-state index is 3.25. The van der Waals surface area contributed by atoms with Crippen LogP contribution in [0.2, 0.25) is 0 Å². The zero-order chi connectivity index (χ0) is 11.1. The van der Waals surface area contributed by atoms with E-state index in [0.29, 0.717) is 6.04 Å². The number of nitrogens with zero attached hydrogens (tertiary/aromatic N) is 1. The van der Waals surface area contributed by atoms with Crippen molar-refractivity contribution in [1.82, 2.24) is 10.2 Å². The first kappa shape index (κ1) is 13.9. The third-order valence-electron chi connectivity index (χ3n) is 2.93. The van der Waals surface area contributed by atoms with Crippen molar-refractivity contribution in [2.24, 2.45) is 11.8 Å². The van der Waals surface area contributed by atoms with Gasteiger partial charge in [0.05, 0.1) is 0 Å². The van der Waals surface area contributed by atoms with Gasteiger partial charge in [-0.05, 0) is 38.9 Å². The molecule has 2 unspecified atom stereocenters. The minimum absolute atomic E-state index is 0.676. The van der Waals surface area contributed by atoms with Gasteiger partial charge in [-0.15, -0.1) is 0 Å². The Morgan fingerprint density at radius 2 is 1.71 bits per heavy atom. The van der Waals surface area contributed by atoms with E-state index in [0.717, 1.165) is 24.9 Å². The summed E-state index contributed by atoms with van der Waals surface area (Å²) in [5.41, 5.74) is 0. The van der Waals surface area contributed by atoms with Crippen molar-refractivity contribution < 1.29 is 0 Å². The number of nitrogens with one attached hydrogen (secondary N) is 1. The fourth-order valence-electron chi connectivity index (χ4n) is 1.90. The van der Waals surface area contributed by atoms with Crippen LogP contribution in [-0.2, 0) is 0 Å². The van der Waals surface area contributed by atoms with Crippen LogP contribution in [0.25, 0.3) is 0 Å². The van der Waals surface area contributed by atoms with Gasteiger partial charge in [0.2, 0.25) is 0 Å². The van der Waals surface area contributed by atoms with Gasteiger partial charge in [0, 0.05) is 12.6 Å². The molecule has 2 atom stereocenters. The van der Waals surface area contributed by atoms with E-state index < -0.39 is 0 Å². The largest absolute Gasteiger partial charge is 0.319 e. The summed E-state index contributed by atoms with van der Waals surface area (Å²) >= 11 is 0. The van der Waals surface area contributed by atoms with Crippen molar-refractivity contribution in [3.8, 4) is 0 Å². The highest BCUT2D eigenvalue weighted by Crippen LogP contribution is 2.12. The summed E-state index contributed by atoms with van der Waals surface area (Å²) in [5, 5.41) is 3.25. The van der Waals surface area contributed by atoms with Crippen molar-refractivity contribution in [1.29, 1.82) is 0 Å². The molecule has 0 aliphatic heterocycles. The molecule has 1 N–H and O–H groups in total. The van der Waals surface area contributed by atoms with Crippen LogP contribution in [0.5, 0.6) is 0 Å². The van der Waals surface area contributed by atoms with E-state index in [2.05, 4.69) is 44.8 Å². The summed E-state index contributed by atoms with van der Waals surface area (Å²) < 4.78 is 0. The molecular formula is C12H28N2. The molecule has 14 heavy (non-hydrogen) atoms. The van der Waals surface area contributed by atoms with Gasteiger partial charge >= 0.3 is 0 Å². The van der Waals surface area contributed by atoms with Crippen molar-refractivity contribution in [3.05, 3.63) is 0 Å². The van der Waals surface area contributed by atoms with Crippen LogP contribution in [0.4, 0.5) is 0 Å². The smallest absolute Gasteiger partial charge is 0.0105 e. The van der Waals surface area contributed by atoms with Gasteiger partial charge in [-0.1, -0.05) is 27.7 Å². The fourth-order valence-corrected chi connectivity index (χ4v) is 1.90. The first-order valence-electron chi connectivity index (χ1n) is 5.91. The minimum atomic E-state index is 0.676. The Hall–Kier alpha value is -0.0800. The molecular weight excluding hydrogens is 172 g/mol. The molecule has 0 saturated carbocycles. The van der Waals surface area contributed by atoms with Gasteiger partial charge in [0.25, 0.3) is 0 Å². The van der Waals surface area contributed by atoms with Crippen LogP contribution < -0.4 is 5.32 Å². The van der Waals surface area contributed by atoms with Crippen LogP contribution >= 0.6 is 0 Å². The molecule has 0 fully saturated rings.